The molecule has 2 aliphatic heterocycles. The van der Waals surface area contributed by atoms with Crippen LogP contribution in [0.4, 0.5) is 15.9 Å². The van der Waals surface area contributed by atoms with Gasteiger partial charge in [0.15, 0.2) is 28.3 Å². The smallest absolute Gasteiger partial charge is 0.173 e. The van der Waals surface area contributed by atoms with Crippen LogP contribution in [-0.2, 0) is 5.54 Å². The fourth-order valence-corrected chi connectivity index (χ4v) is 5.06. The molecule has 1 spiro atoms. The van der Waals surface area contributed by atoms with Gasteiger partial charge in [0.2, 0.25) is 0 Å². The fraction of sp³-hybridized carbons (Fsp3) is 0.250. The van der Waals surface area contributed by atoms with Gasteiger partial charge >= 0.3 is 0 Å². The second-order valence-electron chi connectivity index (χ2n) is 7.62. The van der Waals surface area contributed by atoms with E-state index in [1.54, 1.807) is 12.3 Å². The Morgan fingerprint density at radius 2 is 2.12 bits per heavy atom. The Balaban J connectivity index is 1.65. The Morgan fingerprint density at radius 1 is 1.24 bits per heavy atom. The first kappa shape index (κ1) is 21.4. The Kier molecular flexibility index (Phi) is 5.49. The molecule has 1 atom stereocenters. The van der Waals surface area contributed by atoms with Crippen LogP contribution in [0, 0.1) is 5.82 Å². The molecule has 1 aromatic heterocycles. The summed E-state index contributed by atoms with van der Waals surface area (Å²) in [5.74, 6) is 2.56. The van der Waals surface area contributed by atoms with E-state index >= 15 is 4.39 Å². The summed E-state index contributed by atoms with van der Waals surface area (Å²) in [6.07, 6.45) is 2.33. The van der Waals surface area contributed by atoms with E-state index in [4.69, 9.17) is 24.9 Å². The lowest BCUT2D eigenvalue weighted by Crippen LogP contribution is -2.35. The van der Waals surface area contributed by atoms with E-state index in [1.165, 1.54) is 24.9 Å². The number of ether oxygens (including phenoxy) is 3. The van der Waals surface area contributed by atoms with Gasteiger partial charge in [-0.15, -0.1) is 0 Å². The first-order valence-electron chi connectivity index (χ1n) is 10.6. The van der Waals surface area contributed by atoms with E-state index in [2.05, 4.69) is 10.3 Å². The van der Waals surface area contributed by atoms with Crippen LogP contribution in [0.25, 0.3) is 0 Å². The molecule has 2 aliphatic rings. The molecule has 2 aromatic carbocycles. The molecule has 7 nitrogen and oxygen atoms in total. The molecule has 0 fully saturated rings. The average molecular weight is 467 g/mol. The topological polar surface area (TPSA) is 91.0 Å². The van der Waals surface area contributed by atoms with Gasteiger partial charge in [0.25, 0.3) is 0 Å². The van der Waals surface area contributed by atoms with E-state index in [-0.39, 0.29) is 5.75 Å². The van der Waals surface area contributed by atoms with Gasteiger partial charge in [0.1, 0.15) is 17.0 Å². The molecule has 0 bridgehead atoms. The largest absolute Gasteiger partial charge is 0.497 e. The molecular formula is C24H23FN4O3S. The van der Waals surface area contributed by atoms with Crippen molar-refractivity contribution in [2.24, 2.45) is 10.7 Å². The molecule has 0 saturated heterocycles. The zero-order chi connectivity index (χ0) is 23.0. The molecule has 1 unspecified atom stereocenters. The van der Waals surface area contributed by atoms with E-state index in [0.29, 0.717) is 46.8 Å². The van der Waals surface area contributed by atoms with Crippen molar-refractivity contribution < 1.29 is 18.6 Å². The number of pyridine rings is 1. The van der Waals surface area contributed by atoms with Crippen LogP contribution in [0.15, 0.2) is 53.7 Å². The van der Waals surface area contributed by atoms with Crippen molar-refractivity contribution >= 4 is 28.4 Å². The number of rotatable bonds is 5. The first-order valence-corrected chi connectivity index (χ1v) is 11.6. The summed E-state index contributed by atoms with van der Waals surface area (Å²) < 4.78 is 32.0. The van der Waals surface area contributed by atoms with Gasteiger partial charge in [0.05, 0.1) is 13.7 Å². The SMILES string of the molecule is CCOc1cccnc1Nc1ccc2c(c1)C1(CCSC(N)=N1)c1cc(OC)cc(F)c1O2. The number of hydrogen-bond acceptors (Lipinski definition) is 8. The minimum Gasteiger partial charge on any atom is -0.497 e. The normalized spacial score (nSPS) is 18.6. The van der Waals surface area contributed by atoms with Crippen molar-refractivity contribution in [3.8, 4) is 23.0 Å². The van der Waals surface area contributed by atoms with Crippen LogP contribution >= 0.6 is 11.8 Å². The minimum absolute atomic E-state index is 0.149. The molecule has 170 valence electrons. The standard InChI is InChI=1S/C24H23FN4O3S/c1-3-31-20-5-4-9-27-22(20)28-14-6-7-19-16(11-14)24(8-10-33-23(26)29-24)17-12-15(30-2)13-18(25)21(17)32-19/h4-7,9,11-13H,3,8,10H2,1-2H3,(H2,26,29)(H,27,28). The van der Waals surface area contributed by atoms with Gasteiger partial charge in [-0.25, -0.2) is 14.4 Å². The molecule has 0 aliphatic carbocycles. The first-order chi connectivity index (χ1) is 16.0. The summed E-state index contributed by atoms with van der Waals surface area (Å²) in [6, 6.07) is 12.4. The Morgan fingerprint density at radius 3 is 2.91 bits per heavy atom. The van der Waals surface area contributed by atoms with Crippen LogP contribution in [0.5, 0.6) is 23.0 Å². The summed E-state index contributed by atoms with van der Waals surface area (Å²) >= 11 is 1.48. The van der Waals surface area contributed by atoms with Crippen LogP contribution in [0.2, 0.25) is 0 Å². The van der Waals surface area contributed by atoms with Gasteiger partial charge in [0, 0.05) is 34.8 Å². The van der Waals surface area contributed by atoms with Gasteiger partial charge in [-0.1, -0.05) is 11.8 Å². The number of benzene rings is 2. The predicted octanol–water partition coefficient (Wildman–Crippen LogP) is 5.17. The number of aromatic nitrogens is 1. The maximum absolute atomic E-state index is 15.0. The van der Waals surface area contributed by atoms with Gasteiger partial charge < -0.3 is 25.3 Å². The number of nitrogens with two attached hydrogens (primary N) is 1. The number of nitrogens with zero attached hydrogens (tertiary/aromatic N) is 2. The van der Waals surface area contributed by atoms with Crippen LogP contribution < -0.4 is 25.3 Å². The highest BCUT2D eigenvalue weighted by Crippen LogP contribution is 2.55. The molecule has 0 radical (unpaired) electrons. The molecule has 0 amide bonds. The second kappa shape index (κ2) is 8.47. The number of thioether (sulfide) groups is 1. The predicted molar refractivity (Wildman–Crippen MR) is 128 cm³/mol. The van der Waals surface area contributed by atoms with E-state index in [1.807, 2.05) is 37.3 Å². The van der Waals surface area contributed by atoms with Crippen molar-refractivity contribution in [3.63, 3.8) is 0 Å². The Labute approximate surface area is 195 Å². The highest BCUT2D eigenvalue weighted by Gasteiger charge is 2.45. The van der Waals surface area contributed by atoms with Crippen molar-refractivity contribution in [3.05, 3.63) is 65.6 Å². The van der Waals surface area contributed by atoms with Crippen molar-refractivity contribution in [1.82, 2.24) is 4.98 Å². The number of halogens is 1. The van der Waals surface area contributed by atoms with Crippen LogP contribution in [0.3, 0.4) is 0 Å². The average Bonchev–Trinajstić information content (AvgIpc) is 2.82. The molecule has 3 aromatic rings. The number of methoxy groups -OCH3 is 1. The number of fused-ring (bicyclic) bond motifs is 4. The molecule has 3 heterocycles. The minimum atomic E-state index is -0.891. The lowest BCUT2D eigenvalue weighted by Gasteiger charge is -2.39. The molecule has 5 rings (SSSR count). The quantitative estimate of drug-likeness (QED) is 0.536. The number of amidine groups is 1. The van der Waals surface area contributed by atoms with E-state index in [0.717, 1.165) is 17.0 Å². The molecular weight excluding hydrogens is 443 g/mol. The fourth-order valence-electron chi connectivity index (χ4n) is 4.23. The highest BCUT2D eigenvalue weighted by atomic mass is 32.2. The van der Waals surface area contributed by atoms with Gasteiger partial charge in [-0.05, 0) is 49.7 Å². The zero-order valence-electron chi connectivity index (χ0n) is 18.2. The lowest BCUT2D eigenvalue weighted by molar-refractivity contribution is 0.341. The summed E-state index contributed by atoms with van der Waals surface area (Å²) in [5.41, 5.74) is 7.46. The maximum atomic E-state index is 15.0. The highest BCUT2D eigenvalue weighted by molar-refractivity contribution is 8.13. The van der Waals surface area contributed by atoms with Crippen molar-refractivity contribution in [2.45, 2.75) is 18.9 Å². The summed E-state index contributed by atoms with van der Waals surface area (Å²) in [4.78, 5) is 9.26. The third kappa shape index (κ3) is 3.72. The molecule has 3 N–H and O–H groups in total. The maximum Gasteiger partial charge on any atom is 0.173 e. The van der Waals surface area contributed by atoms with Gasteiger partial charge in [-0.3, -0.25) is 0 Å². The summed E-state index contributed by atoms with van der Waals surface area (Å²) in [5, 5.41) is 3.77. The molecule has 0 saturated carbocycles. The zero-order valence-corrected chi connectivity index (χ0v) is 19.0. The third-order valence-electron chi connectivity index (χ3n) is 5.68. The number of anilines is 2. The van der Waals surface area contributed by atoms with Crippen LogP contribution in [0.1, 0.15) is 24.5 Å². The molecule has 9 heteroatoms. The Hall–Kier alpha value is -3.46. The number of hydrogen-bond donors (Lipinski definition) is 2. The van der Waals surface area contributed by atoms with Crippen molar-refractivity contribution in [1.29, 1.82) is 0 Å². The van der Waals surface area contributed by atoms with E-state index < -0.39 is 11.4 Å². The third-order valence-corrected chi connectivity index (χ3v) is 6.48. The van der Waals surface area contributed by atoms with Crippen molar-refractivity contribution in [2.75, 3.05) is 24.8 Å². The number of nitrogens with one attached hydrogen (secondary N) is 1. The van der Waals surface area contributed by atoms with Crippen LogP contribution in [-0.4, -0.2) is 29.6 Å². The molecule has 33 heavy (non-hydrogen) atoms. The van der Waals surface area contributed by atoms with E-state index in [9.17, 15) is 0 Å². The lowest BCUT2D eigenvalue weighted by atomic mass is 9.78. The Bertz CT molecular complexity index is 1250. The van der Waals surface area contributed by atoms with Gasteiger partial charge in [-0.2, -0.15) is 0 Å². The number of aliphatic imine (C=N–C) groups is 1. The summed E-state index contributed by atoms with van der Waals surface area (Å²) in [7, 11) is 1.50. The second-order valence-corrected chi connectivity index (χ2v) is 8.73. The summed E-state index contributed by atoms with van der Waals surface area (Å²) in [6.45, 7) is 2.45. The monoisotopic (exact) mass is 466 g/mol.